The summed E-state index contributed by atoms with van der Waals surface area (Å²) in [5.74, 6) is 0.267. The molecule has 5 rings (SSSR count). The molecule has 1 N–H and O–H groups in total. The van der Waals surface area contributed by atoms with Gasteiger partial charge in [0.15, 0.2) is 0 Å². The number of halogens is 3. The zero-order chi connectivity index (χ0) is 24.6. The van der Waals surface area contributed by atoms with Crippen molar-refractivity contribution < 1.29 is 18.3 Å². The van der Waals surface area contributed by atoms with E-state index < -0.39 is 11.7 Å². The van der Waals surface area contributed by atoms with Crippen molar-refractivity contribution in [3.05, 3.63) is 83.4 Å². The zero-order valence-electron chi connectivity index (χ0n) is 19.6. The molecule has 1 fully saturated rings. The van der Waals surface area contributed by atoms with Crippen LogP contribution in [0.25, 0.3) is 22.2 Å². The van der Waals surface area contributed by atoms with E-state index >= 15 is 0 Å². The number of anilines is 1. The van der Waals surface area contributed by atoms with Crippen LogP contribution in [0.4, 0.5) is 18.9 Å². The van der Waals surface area contributed by atoms with Crippen LogP contribution in [0.1, 0.15) is 29.5 Å². The molecule has 3 aromatic carbocycles. The maximum atomic E-state index is 13.8. The number of hydrogen-bond acceptors (Lipinski definition) is 3. The number of hydrogen-bond donors (Lipinski definition) is 1. The molecule has 0 aliphatic carbocycles. The van der Waals surface area contributed by atoms with E-state index in [1.807, 2.05) is 55.5 Å². The third-order valence-corrected chi connectivity index (χ3v) is 6.94. The molecular formula is C28H28F3N3O. The minimum atomic E-state index is -4.49. The minimum absolute atomic E-state index is 0.0329. The van der Waals surface area contributed by atoms with Gasteiger partial charge in [-0.3, -0.25) is 4.68 Å². The smallest absolute Gasteiger partial charge is 0.396 e. The number of piperidine rings is 1. The molecule has 1 aliphatic heterocycles. The Morgan fingerprint density at radius 3 is 2.49 bits per heavy atom. The maximum Gasteiger partial charge on any atom is 0.418 e. The quantitative estimate of drug-likeness (QED) is 0.366. The van der Waals surface area contributed by atoms with Crippen molar-refractivity contribution in [1.82, 2.24) is 9.78 Å². The van der Waals surface area contributed by atoms with Crippen LogP contribution < -0.4 is 4.90 Å². The fraction of sp³-hybridized carbons (Fsp3) is 0.321. The zero-order valence-corrected chi connectivity index (χ0v) is 19.6. The SMILES string of the molecule is Cc1ccccc1Cn1nc2c(C(F)(F)F)cccc2c1-c1ccc(N2CCCC(CO)C2)cc1. The van der Waals surface area contributed by atoms with Crippen molar-refractivity contribution in [2.75, 3.05) is 24.6 Å². The van der Waals surface area contributed by atoms with E-state index in [1.165, 1.54) is 6.07 Å². The first kappa shape index (κ1) is 23.4. The Bertz CT molecular complexity index is 1330. The van der Waals surface area contributed by atoms with E-state index in [0.717, 1.165) is 54.4 Å². The summed E-state index contributed by atoms with van der Waals surface area (Å²) in [7, 11) is 0. The molecule has 0 spiro atoms. The monoisotopic (exact) mass is 479 g/mol. The predicted octanol–water partition coefficient (Wildman–Crippen LogP) is 6.29. The molecule has 0 bridgehead atoms. The Kier molecular flexibility index (Phi) is 6.28. The van der Waals surface area contributed by atoms with Crippen LogP contribution >= 0.6 is 0 Å². The molecule has 1 aliphatic rings. The molecule has 1 atom stereocenters. The van der Waals surface area contributed by atoms with Crippen molar-refractivity contribution in [2.45, 2.75) is 32.5 Å². The largest absolute Gasteiger partial charge is 0.418 e. The number of fused-ring (bicyclic) bond motifs is 1. The molecule has 0 radical (unpaired) electrons. The first-order valence-corrected chi connectivity index (χ1v) is 11.9. The number of aliphatic hydroxyl groups excluding tert-OH is 1. The molecule has 1 aromatic heterocycles. The second-order valence-electron chi connectivity index (χ2n) is 9.32. The van der Waals surface area contributed by atoms with E-state index in [9.17, 15) is 18.3 Å². The van der Waals surface area contributed by atoms with Crippen LogP contribution in [0.5, 0.6) is 0 Å². The van der Waals surface area contributed by atoms with Crippen LogP contribution in [0.15, 0.2) is 66.7 Å². The lowest BCUT2D eigenvalue weighted by Gasteiger charge is -2.33. The number of rotatable bonds is 5. The van der Waals surface area contributed by atoms with Gasteiger partial charge in [-0.2, -0.15) is 18.3 Å². The molecule has 35 heavy (non-hydrogen) atoms. The third kappa shape index (κ3) is 4.65. The van der Waals surface area contributed by atoms with Crippen LogP contribution in [-0.2, 0) is 12.7 Å². The number of benzene rings is 3. The van der Waals surface area contributed by atoms with Gasteiger partial charge in [-0.1, -0.05) is 48.5 Å². The fourth-order valence-corrected chi connectivity index (χ4v) is 5.03. The van der Waals surface area contributed by atoms with Crippen LogP contribution in [0.2, 0.25) is 0 Å². The van der Waals surface area contributed by atoms with Crippen molar-refractivity contribution in [3.8, 4) is 11.3 Å². The molecule has 0 saturated carbocycles. The number of alkyl halides is 3. The molecule has 182 valence electrons. The van der Waals surface area contributed by atoms with Gasteiger partial charge in [0.2, 0.25) is 0 Å². The van der Waals surface area contributed by atoms with Gasteiger partial charge in [0, 0.05) is 36.3 Å². The van der Waals surface area contributed by atoms with E-state index in [4.69, 9.17) is 0 Å². The van der Waals surface area contributed by atoms with Gasteiger partial charge in [0.1, 0.15) is 5.52 Å². The van der Waals surface area contributed by atoms with Gasteiger partial charge in [-0.25, -0.2) is 0 Å². The van der Waals surface area contributed by atoms with Crippen molar-refractivity contribution in [2.24, 2.45) is 5.92 Å². The molecule has 1 unspecified atom stereocenters. The highest BCUT2D eigenvalue weighted by Gasteiger charge is 2.34. The molecule has 4 aromatic rings. The number of nitrogens with zero attached hydrogens (tertiary/aromatic N) is 3. The Balaban J connectivity index is 1.59. The lowest BCUT2D eigenvalue weighted by atomic mass is 9.98. The van der Waals surface area contributed by atoms with Gasteiger partial charge in [-0.05, 0) is 55.0 Å². The second-order valence-corrected chi connectivity index (χ2v) is 9.32. The second kappa shape index (κ2) is 9.38. The number of aryl methyl sites for hydroxylation is 1. The summed E-state index contributed by atoms with van der Waals surface area (Å²) >= 11 is 0. The van der Waals surface area contributed by atoms with Crippen molar-refractivity contribution >= 4 is 16.6 Å². The van der Waals surface area contributed by atoms with Gasteiger partial charge < -0.3 is 10.0 Å². The van der Waals surface area contributed by atoms with E-state index in [0.29, 0.717) is 17.6 Å². The first-order chi connectivity index (χ1) is 16.8. The summed E-state index contributed by atoms with van der Waals surface area (Å²) in [6.45, 7) is 4.28. The van der Waals surface area contributed by atoms with Crippen LogP contribution in [0, 0.1) is 12.8 Å². The van der Waals surface area contributed by atoms with Gasteiger partial charge >= 0.3 is 6.18 Å². The average Bonchev–Trinajstić information content (AvgIpc) is 3.23. The summed E-state index contributed by atoms with van der Waals surface area (Å²) in [6.07, 6.45) is -2.43. The third-order valence-electron chi connectivity index (χ3n) is 6.94. The van der Waals surface area contributed by atoms with E-state index in [-0.39, 0.29) is 18.0 Å². The van der Waals surface area contributed by atoms with Crippen molar-refractivity contribution in [1.29, 1.82) is 0 Å². The molecule has 4 nitrogen and oxygen atoms in total. The molecule has 0 amide bonds. The molecule has 2 heterocycles. The molecule has 1 saturated heterocycles. The van der Waals surface area contributed by atoms with E-state index in [2.05, 4.69) is 10.00 Å². The summed E-state index contributed by atoms with van der Waals surface area (Å²) in [6, 6.07) is 20.1. The Hall–Kier alpha value is -3.32. The highest BCUT2D eigenvalue weighted by atomic mass is 19.4. The Labute approximate surface area is 202 Å². The van der Waals surface area contributed by atoms with Gasteiger partial charge in [0.25, 0.3) is 0 Å². The predicted molar refractivity (Wildman–Crippen MR) is 132 cm³/mol. The maximum absolute atomic E-state index is 13.8. The first-order valence-electron chi connectivity index (χ1n) is 11.9. The summed E-state index contributed by atoms with van der Waals surface area (Å²) in [5.41, 5.74) is 3.86. The fourth-order valence-electron chi connectivity index (χ4n) is 5.03. The summed E-state index contributed by atoms with van der Waals surface area (Å²) in [4.78, 5) is 2.26. The Morgan fingerprint density at radius 2 is 1.77 bits per heavy atom. The normalized spacial score (nSPS) is 16.7. The lowest BCUT2D eigenvalue weighted by molar-refractivity contribution is -0.136. The average molecular weight is 480 g/mol. The number of aromatic nitrogens is 2. The Morgan fingerprint density at radius 1 is 1.00 bits per heavy atom. The van der Waals surface area contributed by atoms with Gasteiger partial charge in [-0.15, -0.1) is 0 Å². The summed E-state index contributed by atoms with van der Waals surface area (Å²) < 4.78 is 43.1. The molecular weight excluding hydrogens is 451 g/mol. The molecule has 7 heteroatoms. The van der Waals surface area contributed by atoms with Gasteiger partial charge in [0.05, 0.1) is 17.8 Å². The van der Waals surface area contributed by atoms with Crippen molar-refractivity contribution in [3.63, 3.8) is 0 Å². The van der Waals surface area contributed by atoms with Crippen LogP contribution in [0.3, 0.4) is 0 Å². The van der Waals surface area contributed by atoms with E-state index in [1.54, 1.807) is 10.7 Å². The van der Waals surface area contributed by atoms with Crippen LogP contribution in [-0.4, -0.2) is 34.6 Å². The number of aliphatic hydroxyl groups is 1. The highest BCUT2D eigenvalue weighted by Crippen LogP contribution is 2.38. The topological polar surface area (TPSA) is 41.3 Å². The summed E-state index contributed by atoms with van der Waals surface area (Å²) in [5, 5.41) is 14.5. The highest BCUT2D eigenvalue weighted by molar-refractivity contribution is 5.95. The minimum Gasteiger partial charge on any atom is -0.396 e. The standard InChI is InChI=1S/C28H28F3N3O/c1-19-6-2-3-8-22(19)17-34-27(24-9-4-10-25(26(24)32-34)28(29,30)31)21-11-13-23(14-12-21)33-15-5-7-20(16-33)18-35/h2-4,6,8-14,20,35H,5,7,15-18H2,1H3. The lowest BCUT2D eigenvalue weighted by Crippen LogP contribution is -2.36.